The quantitative estimate of drug-likeness (QED) is 0.485. The maximum atomic E-state index is 12.6. The summed E-state index contributed by atoms with van der Waals surface area (Å²) in [5.41, 5.74) is 1.48. The molecule has 0 amide bonds. The van der Waals surface area contributed by atoms with Crippen molar-refractivity contribution >= 4 is 34.0 Å². The Labute approximate surface area is 163 Å². The van der Waals surface area contributed by atoms with E-state index < -0.39 is 0 Å². The summed E-state index contributed by atoms with van der Waals surface area (Å²) in [5, 5.41) is 4.98. The van der Waals surface area contributed by atoms with Gasteiger partial charge >= 0.3 is 0 Å². The molecular weight excluding hydrogens is 382 g/mol. The van der Waals surface area contributed by atoms with Gasteiger partial charge in [-0.3, -0.25) is 4.79 Å². The Morgan fingerprint density at radius 3 is 2.74 bits per heavy atom. The van der Waals surface area contributed by atoms with Crippen LogP contribution in [0.5, 0.6) is 5.75 Å². The van der Waals surface area contributed by atoms with Crippen molar-refractivity contribution in [3.8, 4) is 17.1 Å². The molecule has 0 aliphatic carbocycles. The highest BCUT2D eigenvalue weighted by Gasteiger charge is 2.12. The van der Waals surface area contributed by atoms with Gasteiger partial charge in [0.15, 0.2) is 5.82 Å². The van der Waals surface area contributed by atoms with E-state index in [0.717, 1.165) is 16.9 Å². The third-order valence-electron chi connectivity index (χ3n) is 3.81. The van der Waals surface area contributed by atoms with Crippen LogP contribution in [0.1, 0.15) is 5.56 Å². The van der Waals surface area contributed by atoms with Crippen molar-refractivity contribution in [2.24, 2.45) is 0 Å². The van der Waals surface area contributed by atoms with Gasteiger partial charge in [0, 0.05) is 10.6 Å². The Kier molecular flexibility index (Phi) is 4.75. The molecular formula is C20H14ClN3O2S. The largest absolute Gasteiger partial charge is 0.490 e. The average Bonchev–Trinajstić information content (AvgIpc) is 3.20. The van der Waals surface area contributed by atoms with Crippen molar-refractivity contribution in [3.63, 3.8) is 0 Å². The van der Waals surface area contributed by atoms with Crippen molar-refractivity contribution < 1.29 is 4.74 Å². The molecule has 0 saturated carbocycles. The van der Waals surface area contributed by atoms with Gasteiger partial charge in [-0.15, -0.1) is 5.10 Å². The fraction of sp³-hybridized carbons (Fsp3) is 0.0500. The maximum Gasteiger partial charge on any atom is 0.291 e. The number of nitrogens with zero attached hydrogens (tertiary/aromatic N) is 3. The third kappa shape index (κ3) is 3.63. The fourth-order valence-electron chi connectivity index (χ4n) is 2.56. The summed E-state index contributed by atoms with van der Waals surface area (Å²) in [6.07, 6.45) is 3.48. The first-order valence-corrected chi connectivity index (χ1v) is 9.34. The lowest BCUT2D eigenvalue weighted by Crippen LogP contribution is -2.23. The number of thiazole rings is 1. The molecule has 0 atom stereocenters. The minimum absolute atomic E-state index is 0.195. The van der Waals surface area contributed by atoms with Gasteiger partial charge in [-0.25, -0.2) is 0 Å². The number of fused-ring (bicyclic) bond motifs is 1. The van der Waals surface area contributed by atoms with E-state index in [4.69, 9.17) is 16.3 Å². The van der Waals surface area contributed by atoms with Gasteiger partial charge in [-0.2, -0.15) is 9.50 Å². The summed E-state index contributed by atoms with van der Waals surface area (Å²) >= 11 is 7.29. The average molecular weight is 396 g/mol. The smallest absolute Gasteiger partial charge is 0.291 e. The Balaban J connectivity index is 1.68. The molecule has 2 aromatic heterocycles. The third-order valence-corrected chi connectivity index (χ3v) is 5.00. The van der Waals surface area contributed by atoms with E-state index in [-0.39, 0.29) is 5.56 Å². The van der Waals surface area contributed by atoms with E-state index in [1.54, 1.807) is 24.3 Å². The van der Waals surface area contributed by atoms with Crippen molar-refractivity contribution in [2.75, 3.05) is 6.61 Å². The zero-order valence-corrected chi connectivity index (χ0v) is 15.7. The predicted octanol–water partition coefficient (Wildman–Crippen LogP) is 3.58. The van der Waals surface area contributed by atoms with E-state index >= 15 is 0 Å². The molecule has 27 heavy (non-hydrogen) atoms. The normalized spacial score (nSPS) is 11.8. The van der Waals surface area contributed by atoms with E-state index in [2.05, 4.69) is 16.7 Å². The fourth-order valence-corrected chi connectivity index (χ4v) is 3.67. The minimum Gasteiger partial charge on any atom is -0.490 e. The lowest BCUT2D eigenvalue weighted by Gasteiger charge is -2.02. The highest BCUT2D eigenvalue weighted by molar-refractivity contribution is 7.15. The highest BCUT2D eigenvalue weighted by atomic mass is 35.5. The first kappa shape index (κ1) is 17.5. The van der Waals surface area contributed by atoms with Crippen LogP contribution in [0, 0.1) is 0 Å². The highest BCUT2D eigenvalue weighted by Crippen LogP contribution is 2.20. The molecule has 7 heteroatoms. The molecule has 4 aromatic rings. The second-order valence-electron chi connectivity index (χ2n) is 5.72. The van der Waals surface area contributed by atoms with Crippen LogP contribution in [-0.4, -0.2) is 21.2 Å². The molecule has 0 saturated heterocycles. The maximum absolute atomic E-state index is 12.6. The first-order chi connectivity index (χ1) is 13.1. The molecule has 0 bridgehead atoms. The standard InChI is InChI=1S/C20H14ClN3O2S/c1-2-10-26-16-8-6-14(7-9-16)18-22-20-24(23-18)19(25)17(27-20)12-13-4-3-5-15(21)11-13/h2-9,11-12H,1,10H2. The van der Waals surface area contributed by atoms with Crippen molar-refractivity contribution in [2.45, 2.75) is 0 Å². The van der Waals surface area contributed by atoms with Crippen LogP contribution in [0.3, 0.4) is 0 Å². The number of rotatable bonds is 5. The van der Waals surface area contributed by atoms with Crippen LogP contribution >= 0.6 is 22.9 Å². The molecule has 2 aromatic carbocycles. The zero-order chi connectivity index (χ0) is 18.8. The van der Waals surface area contributed by atoms with E-state index in [1.807, 2.05) is 36.4 Å². The molecule has 0 N–H and O–H groups in total. The predicted molar refractivity (Wildman–Crippen MR) is 108 cm³/mol. The van der Waals surface area contributed by atoms with Gasteiger partial charge in [0.2, 0.25) is 4.96 Å². The van der Waals surface area contributed by atoms with Crippen molar-refractivity contribution in [1.82, 2.24) is 14.6 Å². The van der Waals surface area contributed by atoms with Crippen molar-refractivity contribution in [1.29, 1.82) is 0 Å². The van der Waals surface area contributed by atoms with E-state index in [0.29, 0.717) is 26.9 Å². The second-order valence-corrected chi connectivity index (χ2v) is 7.17. The van der Waals surface area contributed by atoms with Crippen LogP contribution in [-0.2, 0) is 0 Å². The van der Waals surface area contributed by atoms with Gasteiger partial charge in [0.05, 0.1) is 4.53 Å². The lowest BCUT2D eigenvalue weighted by atomic mass is 10.2. The number of aromatic nitrogens is 3. The van der Waals surface area contributed by atoms with Crippen LogP contribution in [0.4, 0.5) is 0 Å². The summed E-state index contributed by atoms with van der Waals surface area (Å²) in [7, 11) is 0. The van der Waals surface area contributed by atoms with Gasteiger partial charge in [-0.05, 0) is 48.0 Å². The number of hydrogen-bond acceptors (Lipinski definition) is 5. The van der Waals surface area contributed by atoms with Gasteiger partial charge in [0.1, 0.15) is 12.4 Å². The molecule has 0 aliphatic heterocycles. The number of benzene rings is 2. The molecule has 0 aliphatic rings. The molecule has 0 radical (unpaired) electrons. The number of hydrogen-bond donors (Lipinski definition) is 0. The van der Waals surface area contributed by atoms with Gasteiger partial charge in [-0.1, -0.05) is 47.7 Å². The van der Waals surface area contributed by atoms with Crippen molar-refractivity contribution in [3.05, 3.63) is 86.7 Å². The zero-order valence-electron chi connectivity index (χ0n) is 14.1. The Hall–Kier alpha value is -2.96. The minimum atomic E-state index is -0.195. The Morgan fingerprint density at radius 2 is 2.04 bits per heavy atom. The Morgan fingerprint density at radius 1 is 1.22 bits per heavy atom. The molecule has 5 nitrogen and oxygen atoms in total. The first-order valence-electron chi connectivity index (χ1n) is 8.15. The van der Waals surface area contributed by atoms with Crippen LogP contribution in [0.25, 0.3) is 22.4 Å². The summed E-state index contributed by atoms with van der Waals surface area (Å²) in [6.45, 7) is 4.07. The van der Waals surface area contributed by atoms with Gasteiger partial charge < -0.3 is 4.74 Å². The Bertz CT molecular complexity index is 1230. The van der Waals surface area contributed by atoms with Crippen LogP contribution < -0.4 is 14.8 Å². The summed E-state index contributed by atoms with van der Waals surface area (Å²) in [4.78, 5) is 17.6. The van der Waals surface area contributed by atoms with Crippen LogP contribution in [0.2, 0.25) is 5.02 Å². The lowest BCUT2D eigenvalue weighted by molar-refractivity contribution is 0.363. The summed E-state index contributed by atoms with van der Waals surface area (Å²) in [5.74, 6) is 1.24. The molecule has 134 valence electrons. The summed E-state index contributed by atoms with van der Waals surface area (Å²) < 4.78 is 7.36. The van der Waals surface area contributed by atoms with Crippen LogP contribution in [0.15, 0.2) is 66.0 Å². The monoisotopic (exact) mass is 395 g/mol. The molecule has 0 unspecified atom stereocenters. The SMILES string of the molecule is C=CCOc1ccc(-c2nc3sc(=Cc4cccc(Cl)c4)c(=O)n3n2)cc1. The molecule has 4 rings (SSSR count). The number of ether oxygens (including phenoxy) is 1. The number of halogens is 1. The molecule has 2 heterocycles. The second kappa shape index (κ2) is 7.34. The molecule has 0 fully saturated rings. The molecule has 0 spiro atoms. The topological polar surface area (TPSA) is 56.5 Å². The van der Waals surface area contributed by atoms with E-state index in [9.17, 15) is 4.79 Å². The van der Waals surface area contributed by atoms with E-state index in [1.165, 1.54) is 15.9 Å². The summed E-state index contributed by atoms with van der Waals surface area (Å²) in [6, 6.07) is 14.7. The van der Waals surface area contributed by atoms with Gasteiger partial charge in [0.25, 0.3) is 5.56 Å².